The summed E-state index contributed by atoms with van der Waals surface area (Å²) in [4.78, 5) is 82.9. The predicted molar refractivity (Wildman–Crippen MR) is 281 cm³/mol. The Hall–Kier alpha value is -6.61. The molecule has 7 rings (SSSR count). The second-order valence-electron chi connectivity index (χ2n) is 18.5. The fourth-order valence-electron chi connectivity index (χ4n) is 8.53. The first kappa shape index (κ1) is 59.1. The number of alkyl halides is 3. The zero-order valence-corrected chi connectivity index (χ0v) is 44.6. The molecule has 2 aromatic heterocycles. The average molecular weight is 1130 g/mol. The number of thioether (sulfide) groups is 1. The van der Waals surface area contributed by atoms with Crippen molar-refractivity contribution in [3.8, 4) is 17.4 Å². The van der Waals surface area contributed by atoms with Gasteiger partial charge in [-0.1, -0.05) is 48.9 Å². The van der Waals surface area contributed by atoms with Crippen LogP contribution >= 0.6 is 23.1 Å². The van der Waals surface area contributed by atoms with Gasteiger partial charge in [0.15, 0.2) is 0 Å². The van der Waals surface area contributed by atoms with Gasteiger partial charge in [0.25, 0.3) is 5.91 Å². The number of hydrogen-bond donors (Lipinski definition) is 7. The number of nitrogens with one attached hydrogen (secondary N) is 6. The van der Waals surface area contributed by atoms with Crippen LogP contribution in [0.1, 0.15) is 89.5 Å². The minimum Gasteiger partial charge on any atom is -0.494 e. The van der Waals surface area contributed by atoms with Crippen LogP contribution in [-0.4, -0.2) is 139 Å². The van der Waals surface area contributed by atoms with Gasteiger partial charge >= 0.3 is 28.7 Å². The molecular formula is C52H64F3N9O12S2. The number of amides is 5. The number of aromatic amines is 1. The number of urea groups is 1. The fraction of sp³-hybridized carbons (Fsp3) is 0.519. The summed E-state index contributed by atoms with van der Waals surface area (Å²) < 4.78 is 69.3. The van der Waals surface area contributed by atoms with Crippen LogP contribution in [0.2, 0.25) is 0 Å². The number of hydrogen-bond acceptors (Lipinski definition) is 17. The molecule has 0 saturated carbocycles. The standard InChI is InChI=1S/C52H64F3N9O12S2/c1-2-33-30-58-36(17-22-75-37-15-9-32(10-16-37)27-42-48(69)62-50(71)78-42)28-40(33)76-44(66)29-38(59-46(67)34-11-13-35(14-12-34)51(63-64-51)52(53,54)55)47(68)57-19-6-21-73-24-26-74-25-23-72-20-5-18-56-43(65)8-4-3-7-41-45-39(31-77-41)60-49(70)61-45/h9-16,28,30,38-39,41,45,69H,2-8,17-27,29,31H2,1H3,(H,56,65)(H,57,68)(H,59,67)(H,62,71)(H2,60,61,70)/t38-,39+,41+,45+/m1/s1. The van der Waals surface area contributed by atoms with Crippen molar-refractivity contribution in [2.45, 2.75) is 106 Å². The highest BCUT2D eigenvalue weighted by Gasteiger charge is 2.65. The topological polar surface area (TPSA) is 282 Å². The molecule has 3 aliphatic rings. The summed E-state index contributed by atoms with van der Waals surface area (Å²) in [7, 11) is 0. The Bertz CT molecular complexity index is 2740. The molecule has 78 heavy (non-hydrogen) atoms. The summed E-state index contributed by atoms with van der Waals surface area (Å²) in [5, 5.41) is 30.7. The van der Waals surface area contributed by atoms with E-state index in [4.69, 9.17) is 23.7 Å². The highest BCUT2D eigenvalue weighted by atomic mass is 32.2. The van der Waals surface area contributed by atoms with Gasteiger partial charge in [-0.3, -0.25) is 33.9 Å². The van der Waals surface area contributed by atoms with Gasteiger partial charge in [-0.25, -0.2) is 4.79 Å². The number of benzene rings is 2. The lowest BCUT2D eigenvalue weighted by molar-refractivity contribution is -0.166. The van der Waals surface area contributed by atoms with Gasteiger partial charge in [-0.05, 0) is 61.9 Å². The zero-order chi connectivity index (χ0) is 55.5. The number of carbonyl (C=O) groups is 5. The minimum absolute atomic E-state index is 0.0114. The molecule has 2 aromatic carbocycles. The third-order valence-corrected chi connectivity index (χ3v) is 15.2. The fourth-order valence-corrected chi connectivity index (χ4v) is 10.8. The highest BCUT2D eigenvalue weighted by molar-refractivity contribution is 8.00. The molecule has 0 unspecified atom stereocenters. The number of esters is 1. The number of fused-ring (bicyclic) bond motifs is 1. The average Bonchev–Trinajstić information content (AvgIpc) is 4.13. The number of aromatic hydroxyl groups is 1. The number of nitrogens with zero attached hydrogens (tertiary/aromatic N) is 3. The van der Waals surface area contributed by atoms with Crippen molar-refractivity contribution in [2.24, 2.45) is 10.2 Å². The molecule has 0 spiro atoms. The number of aryl methyl sites for hydroxylation is 1. The number of unbranched alkanes of at least 4 members (excludes halogenated alkanes) is 1. The Kier molecular flexibility index (Phi) is 21.8. The first-order chi connectivity index (χ1) is 37.6. The van der Waals surface area contributed by atoms with Gasteiger partial charge in [-0.15, -0.1) is 10.2 Å². The molecule has 0 radical (unpaired) electrons. The van der Waals surface area contributed by atoms with Crippen LogP contribution in [0.4, 0.5) is 18.0 Å². The minimum atomic E-state index is -4.77. The lowest BCUT2D eigenvalue weighted by Crippen LogP contribution is -2.48. The first-order valence-corrected chi connectivity index (χ1v) is 27.7. The van der Waals surface area contributed by atoms with E-state index >= 15 is 0 Å². The van der Waals surface area contributed by atoms with Crippen LogP contribution in [0.15, 0.2) is 75.8 Å². The van der Waals surface area contributed by atoms with E-state index in [0.29, 0.717) is 98.6 Å². The Labute approximate surface area is 455 Å². The summed E-state index contributed by atoms with van der Waals surface area (Å²) in [6, 6.07) is 12.0. The van der Waals surface area contributed by atoms with Crippen LogP contribution < -0.4 is 40.9 Å². The summed E-state index contributed by atoms with van der Waals surface area (Å²) in [5.41, 5.74) is -1.05. The Morgan fingerprint density at radius 1 is 0.872 bits per heavy atom. The summed E-state index contributed by atoms with van der Waals surface area (Å²) in [5.74, 6) is -0.850. The Balaban J connectivity index is 0.791. The Morgan fingerprint density at radius 2 is 1.56 bits per heavy atom. The van der Waals surface area contributed by atoms with Gasteiger partial charge in [0.1, 0.15) is 17.5 Å². The van der Waals surface area contributed by atoms with Gasteiger partial charge in [0, 0.05) is 91.2 Å². The molecule has 422 valence electrons. The van der Waals surface area contributed by atoms with E-state index in [1.807, 2.05) is 30.8 Å². The number of pyridine rings is 1. The summed E-state index contributed by atoms with van der Waals surface area (Å²) >= 11 is 2.81. The monoisotopic (exact) mass is 1130 g/mol. The third-order valence-electron chi connectivity index (χ3n) is 12.8. The van der Waals surface area contributed by atoms with E-state index in [2.05, 4.69) is 46.8 Å². The van der Waals surface area contributed by atoms with Crippen LogP contribution in [0.25, 0.3) is 0 Å². The number of carbonyl (C=O) groups excluding carboxylic acids is 5. The van der Waals surface area contributed by atoms with Crippen LogP contribution in [0.3, 0.4) is 0 Å². The summed E-state index contributed by atoms with van der Waals surface area (Å²) in [6.07, 6.45) is 1.52. The third kappa shape index (κ3) is 17.4. The van der Waals surface area contributed by atoms with Crippen LogP contribution in [-0.2, 0) is 53.5 Å². The van der Waals surface area contributed by atoms with E-state index in [1.54, 1.807) is 24.4 Å². The van der Waals surface area contributed by atoms with Crippen molar-refractivity contribution >= 4 is 52.8 Å². The molecule has 2 saturated heterocycles. The number of halogens is 3. The Morgan fingerprint density at radius 3 is 2.22 bits per heavy atom. The number of aromatic nitrogens is 2. The molecule has 2 fully saturated rings. The number of H-pyrrole nitrogens is 1. The van der Waals surface area contributed by atoms with E-state index < -0.39 is 42.1 Å². The smallest absolute Gasteiger partial charge is 0.442 e. The molecular weight excluding hydrogens is 1060 g/mol. The quantitative estimate of drug-likeness (QED) is 0.0179. The van der Waals surface area contributed by atoms with Crippen molar-refractivity contribution < 1.29 is 65.9 Å². The van der Waals surface area contributed by atoms with Crippen molar-refractivity contribution in [3.05, 3.63) is 103 Å². The van der Waals surface area contributed by atoms with E-state index in [-0.39, 0.29) is 78.0 Å². The SMILES string of the molecule is CCc1cnc(CCOc2ccc(Cc3sc(=O)[nH]c3O)cc2)cc1OC(=O)C[C@@H](NC(=O)c1ccc(C2(C(F)(F)F)N=N2)cc1)C(=O)NCCCOCCOCCOCCCNC(=O)CCCC[C@@H]1SC[C@@H]2NC(=O)N[C@@H]21. The molecule has 0 aliphatic carbocycles. The summed E-state index contributed by atoms with van der Waals surface area (Å²) in [6.45, 7) is 4.69. The van der Waals surface area contributed by atoms with E-state index in [1.165, 1.54) is 0 Å². The lowest BCUT2D eigenvalue weighted by atomic mass is 10.0. The first-order valence-electron chi connectivity index (χ1n) is 25.8. The normalized spacial score (nSPS) is 17.4. The largest absolute Gasteiger partial charge is 0.494 e. The molecule has 4 atom stereocenters. The van der Waals surface area contributed by atoms with Crippen molar-refractivity contribution in [2.75, 3.05) is 65.1 Å². The molecule has 3 aliphatic heterocycles. The van der Waals surface area contributed by atoms with Gasteiger partial charge in [0.05, 0.1) is 56.4 Å². The van der Waals surface area contributed by atoms with E-state index in [9.17, 15) is 47.0 Å². The van der Waals surface area contributed by atoms with Crippen molar-refractivity contribution in [3.63, 3.8) is 0 Å². The molecule has 5 amide bonds. The molecule has 5 heterocycles. The molecule has 4 aromatic rings. The lowest BCUT2D eigenvalue weighted by Gasteiger charge is -2.19. The number of rotatable bonds is 33. The number of thiazole rings is 1. The maximum Gasteiger partial charge on any atom is 0.442 e. The van der Waals surface area contributed by atoms with Crippen LogP contribution in [0.5, 0.6) is 17.4 Å². The maximum atomic E-state index is 13.6. The highest BCUT2D eigenvalue weighted by Crippen LogP contribution is 2.52. The molecule has 26 heteroatoms. The zero-order valence-electron chi connectivity index (χ0n) is 43.0. The van der Waals surface area contributed by atoms with Gasteiger partial charge in [-0.2, -0.15) is 24.9 Å². The predicted octanol–water partition coefficient (Wildman–Crippen LogP) is 5.37. The molecule has 0 bridgehead atoms. The second-order valence-corrected chi connectivity index (χ2v) is 20.9. The number of ether oxygens (including phenoxy) is 5. The molecule has 7 N–H and O–H groups in total. The van der Waals surface area contributed by atoms with Crippen LogP contribution in [0, 0.1) is 0 Å². The van der Waals surface area contributed by atoms with Crippen molar-refractivity contribution in [1.82, 2.24) is 36.6 Å². The maximum absolute atomic E-state index is 13.6. The van der Waals surface area contributed by atoms with Crippen molar-refractivity contribution in [1.29, 1.82) is 0 Å². The van der Waals surface area contributed by atoms with E-state index in [0.717, 1.165) is 66.2 Å². The second kappa shape index (κ2) is 28.8. The van der Waals surface area contributed by atoms with Gasteiger partial charge < -0.3 is 55.4 Å². The van der Waals surface area contributed by atoms with Gasteiger partial charge in [0.2, 0.25) is 17.7 Å². The molecule has 21 nitrogen and oxygen atoms in total.